The van der Waals surface area contributed by atoms with Gasteiger partial charge in [-0.1, -0.05) is 11.8 Å². The Morgan fingerprint density at radius 1 is 1.35 bits per heavy atom. The van der Waals surface area contributed by atoms with Gasteiger partial charge in [-0.05, 0) is 26.8 Å². The number of thioether (sulfide) groups is 1. The molecule has 0 radical (unpaired) electrons. The predicted molar refractivity (Wildman–Crippen MR) is 95.2 cm³/mol. The number of rotatable bonds is 6. The van der Waals surface area contributed by atoms with Crippen molar-refractivity contribution < 1.29 is 4.92 Å². The lowest BCUT2D eigenvalue weighted by molar-refractivity contribution is -0.386. The Morgan fingerprint density at radius 2 is 2.12 bits per heavy atom. The summed E-state index contributed by atoms with van der Waals surface area (Å²) in [6, 6.07) is 1.84. The van der Waals surface area contributed by atoms with E-state index in [-0.39, 0.29) is 5.69 Å². The minimum absolute atomic E-state index is 0.0393. The van der Waals surface area contributed by atoms with Crippen LogP contribution in [-0.4, -0.2) is 45.6 Å². The van der Waals surface area contributed by atoms with Gasteiger partial charge >= 0.3 is 5.69 Å². The van der Waals surface area contributed by atoms with Crippen LogP contribution in [0, 0.1) is 30.9 Å². The molecule has 0 aliphatic heterocycles. The maximum Gasteiger partial charge on any atom is 0.312 e. The zero-order chi connectivity index (χ0) is 18.8. The second kappa shape index (κ2) is 7.07. The minimum Gasteiger partial charge on any atom is -0.267 e. The van der Waals surface area contributed by atoms with E-state index in [2.05, 4.69) is 25.5 Å². The van der Waals surface area contributed by atoms with E-state index in [0.717, 1.165) is 5.69 Å². The molecule has 136 valence electrons. The van der Waals surface area contributed by atoms with E-state index >= 15 is 0 Å². The van der Waals surface area contributed by atoms with E-state index in [4.69, 9.17) is 0 Å². The summed E-state index contributed by atoms with van der Waals surface area (Å²) in [4.78, 5) is 10.7. The summed E-state index contributed by atoms with van der Waals surface area (Å²) in [7, 11) is 1.83. The lowest BCUT2D eigenvalue weighted by atomic mass is 10.3. The Hall–Kier alpha value is -3.02. The van der Waals surface area contributed by atoms with Crippen LogP contribution in [0.1, 0.15) is 22.9 Å². The van der Waals surface area contributed by atoms with Gasteiger partial charge in [0.1, 0.15) is 11.4 Å². The van der Waals surface area contributed by atoms with E-state index in [9.17, 15) is 10.1 Å². The highest BCUT2D eigenvalue weighted by Crippen LogP contribution is 2.25. The van der Waals surface area contributed by atoms with Gasteiger partial charge in [0.15, 0.2) is 5.82 Å². The third-order valence-corrected chi connectivity index (χ3v) is 4.66. The molecule has 12 heteroatoms. The van der Waals surface area contributed by atoms with Crippen molar-refractivity contribution in [2.24, 2.45) is 12.1 Å². The topological polar surface area (TPSA) is 122 Å². The van der Waals surface area contributed by atoms with Gasteiger partial charge in [0, 0.05) is 13.2 Å². The van der Waals surface area contributed by atoms with E-state index in [1.165, 1.54) is 11.8 Å². The molecule has 26 heavy (non-hydrogen) atoms. The number of hydrogen-bond acceptors (Lipinski definition) is 8. The predicted octanol–water partition coefficient (Wildman–Crippen LogP) is 1.67. The molecular formula is C14H17N9O2S. The molecule has 0 aliphatic carbocycles. The van der Waals surface area contributed by atoms with Crippen LogP contribution in [0.15, 0.2) is 22.5 Å². The summed E-state index contributed by atoms with van der Waals surface area (Å²) in [5.74, 6) is 0.991. The van der Waals surface area contributed by atoms with Crippen LogP contribution in [-0.2, 0) is 12.9 Å². The van der Waals surface area contributed by atoms with Gasteiger partial charge in [0.25, 0.3) is 0 Å². The van der Waals surface area contributed by atoms with Gasteiger partial charge in [-0.15, -0.1) is 10.2 Å². The summed E-state index contributed by atoms with van der Waals surface area (Å²) in [5, 5.41) is 32.5. The fraction of sp³-hybridized carbons (Fsp3) is 0.357. The third-order valence-electron chi connectivity index (χ3n) is 3.77. The fourth-order valence-electron chi connectivity index (χ4n) is 2.39. The number of aromatic nitrogens is 7. The number of aryl methyl sites for hydroxylation is 3. The lowest BCUT2D eigenvalue weighted by Gasteiger charge is -2.04. The third kappa shape index (κ3) is 3.35. The van der Waals surface area contributed by atoms with Crippen LogP contribution >= 0.6 is 11.8 Å². The number of hydrogen-bond donors (Lipinski definition) is 0. The van der Waals surface area contributed by atoms with Crippen LogP contribution in [0.4, 0.5) is 5.69 Å². The molecular weight excluding hydrogens is 358 g/mol. The largest absolute Gasteiger partial charge is 0.312 e. The number of nitrogens with zero attached hydrogens (tertiary/aromatic N) is 9. The molecule has 0 fully saturated rings. The highest BCUT2D eigenvalue weighted by atomic mass is 32.2. The monoisotopic (exact) mass is 375 g/mol. The summed E-state index contributed by atoms with van der Waals surface area (Å²) in [6.07, 6.45) is 3.35. The molecule has 0 saturated heterocycles. The summed E-state index contributed by atoms with van der Waals surface area (Å²) in [5.41, 5.74) is 1.77. The molecule has 0 amide bonds. The van der Waals surface area contributed by atoms with E-state index < -0.39 is 4.92 Å². The highest BCUT2D eigenvalue weighted by molar-refractivity contribution is 7.98. The second-order valence-electron chi connectivity index (χ2n) is 5.52. The quantitative estimate of drug-likeness (QED) is 0.278. The van der Waals surface area contributed by atoms with Crippen molar-refractivity contribution in [3.8, 4) is 0 Å². The molecule has 0 bridgehead atoms. The van der Waals surface area contributed by atoms with Crippen molar-refractivity contribution in [2.75, 3.05) is 0 Å². The Balaban J connectivity index is 1.80. The van der Waals surface area contributed by atoms with Gasteiger partial charge in [0.05, 0.1) is 22.7 Å². The second-order valence-corrected chi connectivity index (χ2v) is 6.43. The van der Waals surface area contributed by atoms with Crippen molar-refractivity contribution in [1.29, 1.82) is 0 Å². The Kier molecular flexibility index (Phi) is 4.84. The maximum atomic E-state index is 11.1. The normalized spacial score (nSPS) is 11.5. The standard InChI is InChI=1S/C14H17N9O2S/c1-9-13(23(24)25)10(2)21(19-9)8-26-14-18-17-11(3)22(14)16-7-12-5-6-15-20(12)4/h5-7H,8H2,1-4H3/b16-7-. The van der Waals surface area contributed by atoms with Crippen molar-refractivity contribution in [2.45, 2.75) is 31.8 Å². The van der Waals surface area contributed by atoms with Crippen molar-refractivity contribution in [3.05, 3.63) is 45.3 Å². The van der Waals surface area contributed by atoms with Crippen LogP contribution < -0.4 is 0 Å². The minimum atomic E-state index is -0.413. The molecule has 3 heterocycles. The van der Waals surface area contributed by atoms with Crippen LogP contribution in [0.3, 0.4) is 0 Å². The first kappa shape index (κ1) is 17.8. The highest BCUT2D eigenvalue weighted by Gasteiger charge is 2.22. The summed E-state index contributed by atoms with van der Waals surface area (Å²) >= 11 is 1.34. The van der Waals surface area contributed by atoms with Gasteiger partial charge in [0.2, 0.25) is 5.16 Å². The van der Waals surface area contributed by atoms with E-state index in [1.807, 2.05) is 13.1 Å². The van der Waals surface area contributed by atoms with Crippen molar-refractivity contribution in [3.63, 3.8) is 0 Å². The average Bonchev–Trinajstić information content (AvgIpc) is 3.22. The molecule has 3 aromatic heterocycles. The number of nitro groups is 1. The molecule has 11 nitrogen and oxygen atoms in total. The summed E-state index contributed by atoms with van der Waals surface area (Å²) in [6.45, 7) is 5.10. The molecule has 0 N–H and O–H groups in total. The molecule has 3 aromatic rings. The van der Waals surface area contributed by atoms with Crippen LogP contribution in [0.25, 0.3) is 0 Å². The smallest absolute Gasteiger partial charge is 0.267 e. The molecule has 3 rings (SSSR count). The van der Waals surface area contributed by atoms with Gasteiger partial charge in [-0.3, -0.25) is 19.5 Å². The van der Waals surface area contributed by atoms with Crippen LogP contribution in [0.5, 0.6) is 0 Å². The van der Waals surface area contributed by atoms with Gasteiger partial charge in [-0.2, -0.15) is 20.0 Å². The molecule has 0 atom stereocenters. The molecule has 0 spiro atoms. The maximum absolute atomic E-state index is 11.1. The van der Waals surface area contributed by atoms with E-state index in [1.54, 1.807) is 47.2 Å². The Labute approximate surface area is 152 Å². The Morgan fingerprint density at radius 3 is 2.73 bits per heavy atom. The molecule has 0 aliphatic rings. The zero-order valence-electron chi connectivity index (χ0n) is 14.7. The lowest BCUT2D eigenvalue weighted by Crippen LogP contribution is -2.03. The first-order valence-corrected chi connectivity index (χ1v) is 8.62. The fourth-order valence-corrected chi connectivity index (χ4v) is 3.27. The first-order chi connectivity index (χ1) is 12.4. The molecule has 0 aromatic carbocycles. The van der Waals surface area contributed by atoms with Crippen molar-refractivity contribution >= 4 is 23.7 Å². The van der Waals surface area contributed by atoms with Crippen LogP contribution in [0.2, 0.25) is 0 Å². The molecule has 0 unspecified atom stereocenters. The zero-order valence-corrected chi connectivity index (χ0v) is 15.5. The first-order valence-electron chi connectivity index (χ1n) is 7.64. The summed E-state index contributed by atoms with van der Waals surface area (Å²) < 4.78 is 4.89. The average molecular weight is 375 g/mol. The molecule has 0 saturated carbocycles. The van der Waals surface area contributed by atoms with Gasteiger partial charge < -0.3 is 0 Å². The van der Waals surface area contributed by atoms with Gasteiger partial charge in [-0.25, -0.2) is 0 Å². The van der Waals surface area contributed by atoms with Crippen molar-refractivity contribution in [1.82, 2.24) is 34.4 Å². The van der Waals surface area contributed by atoms with E-state index in [0.29, 0.717) is 28.2 Å². The Bertz CT molecular complexity index is 985. The SMILES string of the molecule is Cc1nn(CSc2nnc(C)n2/N=C\c2ccnn2C)c(C)c1[N+](=O)[O-].